The molecule has 2 heterocycles. The van der Waals surface area contributed by atoms with Crippen LogP contribution in [0.15, 0.2) is 48.7 Å². The molecule has 6 nitrogen and oxygen atoms in total. The van der Waals surface area contributed by atoms with Crippen LogP contribution in [0.3, 0.4) is 0 Å². The van der Waals surface area contributed by atoms with E-state index in [1.807, 2.05) is 30.3 Å². The highest BCUT2D eigenvalue weighted by atomic mass is 35.5. The minimum atomic E-state index is 0.654. The summed E-state index contributed by atoms with van der Waals surface area (Å²) < 4.78 is 0. The molecule has 28 heavy (non-hydrogen) atoms. The zero-order valence-corrected chi connectivity index (χ0v) is 16.8. The molecule has 0 radical (unpaired) electrons. The Kier molecular flexibility index (Phi) is 5.30. The fourth-order valence-corrected chi connectivity index (χ4v) is 3.53. The molecule has 1 aliphatic heterocycles. The molecule has 144 valence electrons. The molecule has 0 atom stereocenters. The molecule has 0 saturated carbocycles. The first-order valence-electron chi connectivity index (χ1n) is 9.38. The van der Waals surface area contributed by atoms with Crippen molar-refractivity contribution in [3.8, 4) is 0 Å². The predicted molar refractivity (Wildman–Crippen MR) is 115 cm³/mol. The average Bonchev–Trinajstić information content (AvgIpc) is 2.72. The quantitative estimate of drug-likeness (QED) is 0.715. The Bertz CT molecular complexity index is 969. The molecule has 0 unspecified atom stereocenters. The Morgan fingerprint density at radius 1 is 0.964 bits per heavy atom. The van der Waals surface area contributed by atoms with E-state index < -0.39 is 0 Å². The van der Waals surface area contributed by atoms with Gasteiger partial charge >= 0.3 is 0 Å². The summed E-state index contributed by atoms with van der Waals surface area (Å²) in [5.74, 6) is 1.36. The molecule has 0 spiro atoms. The zero-order chi connectivity index (χ0) is 19.5. The summed E-state index contributed by atoms with van der Waals surface area (Å²) >= 11 is 6.12. The van der Waals surface area contributed by atoms with E-state index in [-0.39, 0.29) is 0 Å². The van der Waals surface area contributed by atoms with Crippen LogP contribution in [-0.2, 0) is 0 Å². The van der Waals surface area contributed by atoms with Crippen LogP contribution < -0.4 is 15.1 Å². The van der Waals surface area contributed by atoms with Gasteiger partial charge in [0.2, 0.25) is 5.95 Å². The maximum atomic E-state index is 6.12. The molecular weight excluding hydrogens is 372 g/mol. The molecule has 3 aromatic rings. The lowest BCUT2D eigenvalue weighted by Gasteiger charge is -2.36. The second-order valence-electron chi connectivity index (χ2n) is 6.97. The highest BCUT2D eigenvalue weighted by Gasteiger charge is 2.20. The lowest BCUT2D eigenvalue weighted by molar-refractivity contribution is 0.635. The highest BCUT2D eigenvalue weighted by Crippen LogP contribution is 2.24. The van der Waals surface area contributed by atoms with E-state index in [0.717, 1.165) is 42.6 Å². The summed E-state index contributed by atoms with van der Waals surface area (Å²) in [7, 11) is 0. The summed E-state index contributed by atoms with van der Waals surface area (Å²) in [6, 6.07) is 14.2. The van der Waals surface area contributed by atoms with E-state index in [1.165, 1.54) is 11.1 Å². The third-order valence-electron chi connectivity index (χ3n) is 5.15. The molecule has 1 saturated heterocycles. The minimum absolute atomic E-state index is 0.654. The molecule has 7 heteroatoms. The first kappa shape index (κ1) is 18.5. The molecule has 0 bridgehead atoms. The van der Waals surface area contributed by atoms with Crippen LogP contribution in [0.5, 0.6) is 0 Å². The number of aromatic nitrogens is 3. The average molecular weight is 395 g/mol. The molecule has 1 aliphatic rings. The van der Waals surface area contributed by atoms with E-state index >= 15 is 0 Å². The molecule has 1 N–H and O–H groups in total. The number of aryl methyl sites for hydroxylation is 1. The second-order valence-corrected chi connectivity index (χ2v) is 7.40. The van der Waals surface area contributed by atoms with Crippen molar-refractivity contribution in [1.82, 2.24) is 15.2 Å². The minimum Gasteiger partial charge on any atom is -0.368 e. The van der Waals surface area contributed by atoms with Gasteiger partial charge in [0, 0.05) is 42.6 Å². The monoisotopic (exact) mass is 394 g/mol. The number of nitrogens with zero attached hydrogens (tertiary/aromatic N) is 5. The summed E-state index contributed by atoms with van der Waals surface area (Å²) in [5.41, 5.74) is 4.64. The van der Waals surface area contributed by atoms with Crippen molar-refractivity contribution in [1.29, 1.82) is 0 Å². The number of halogens is 1. The van der Waals surface area contributed by atoms with E-state index in [4.69, 9.17) is 11.6 Å². The topological polar surface area (TPSA) is 57.2 Å². The molecule has 1 fully saturated rings. The van der Waals surface area contributed by atoms with Crippen molar-refractivity contribution in [2.24, 2.45) is 0 Å². The van der Waals surface area contributed by atoms with Gasteiger partial charge in [-0.1, -0.05) is 29.8 Å². The fraction of sp³-hybridized carbons (Fsp3) is 0.286. The maximum Gasteiger partial charge on any atom is 0.247 e. The van der Waals surface area contributed by atoms with Crippen LogP contribution >= 0.6 is 11.6 Å². The molecule has 2 aromatic carbocycles. The Hall–Kier alpha value is -2.86. The van der Waals surface area contributed by atoms with Crippen molar-refractivity contribution in [3.63, 3.8) is 0 Å². The number of piperazine rings is 1. The van der Waals surface area contributed by atoms with E-state index in [0.29, 0.717) is 11.8 Å². The van der Waals surface area contributed by atoms with Gasteiger partial charge in [0.15, 0.2) is 5.82 Å². The lowest BCUT2D eigenvalue weighted by atomic mass is 10.1. The fourth-order valence-electron chi connectivity index (χ4n) is 3.35. The standard InChI is InChI=1S/C21H23ClN6/c1-15-5-3-8-19(16(15)2)24-20-14-23-26-21(25-20)28-11-9-27(10-12-28)18-7-4-6-17(22)13-18/h3-8,13-14H,9-12H2,1-2H3,(H,24,25,26). The van der Waals surface area contributed by atoms with Crippen LogP contribution in [0.4, 0.5) is 23.1 Å². The molecule has 4 rings (SSSR count). The number of hydrogen-bond donors (Lipinski definition) is 1. The van der Waals surface area contributed by atoms with Gasteiger partial charge in [-0.15, -0.1) is 5.10 Å². The van der Waals surface area contributed by atoms with Crippen molar-refractivity contribution in [3.05, 3.63) is 64.8 Å². The molecular formula is C21H23ClN6. The van der Waals surface area contributed by atoms with E-state index in [2.05, 4.69) is 56.3 Å². The van der Waals surface area contributed by atoms with Gasteiger partial charge in [0.05, 0.1) is 6.20 Å². The van der Waals surface area contributed by atoms with Gasteiger partial charge in [0.1, 0.15) is 0 Å². The lowest BCUT2D eigenvalue weighted by Crippen LogP contribution is -2.47. The Labute approximate surface area is 170 Å². The van der Waals surface area contributed by atoms with Crippen molar-refractivity contribution in [2.45, 2.75) is 13.8 Å². The van der Waals surface area contributed by atoms with Crippen molar-refractivity contribution in [2.75, 3.05) is 41.3 Å². The summed E-state index contributed by atoms with van der Waals surface area (Å²) in [5, 5.41) is 12.5. The Balaban J connectivity index is 1.44. The maximum absolute atomic E-state index is 6.12. The summed E-state index contributed by atoms with van der Waals surface area (Å²) in [4.78, 5) is 9.17. The van der Waals surface area contributed by atoms with Crippen molar-refractivity contribution >= 4 is 34.7 Å². The van der Waals surface area contributed by atoms with Gasteiger partial charge in [-0.2, -0.15) is 10.1 Å². The van der Waals surface area contributed by atoms with E-state index in [9.17, 15) is 0 Å². The third kappa shape index (κ3) is 4.02. The van der Waals surface area contributed by atoms with Crippen LogP contribution in [0.2, 0.25) is 5.02 Å². The SMILES string of the molecule is Cc1cccc(Nc2cnnc(N3CCN(c4cccc(Cl)c4)CC3)n2)c1C. The molecule has 0 amide bonds. The van der Waals surface area contributed by atoms with Gasteiger partial charge in [-0.25, -0.2) is 0 Å². The normalized spacial score (nSPS) is 14.2. The van der Waals surface area contributed by atoms with Gasteiger partial charge in [-0.05, 0) is 49.2 Å². The smallest absolute Gasteiger partial charge is 0.247 e. The number of nitrogens with one attached hydrogen (secondary N) is 1. The molecule has 0 aliphatic carbocycles. The molecule has 1 aromatic heterocycles. The predicted octanol–water partition coefficient (Wildman–Crippen LogP) is 4.21. The second kappa shape index (κ2) is 8.02. The van der Waals surface area contributed by atoms with Gasteiger partial charge in [0.25, 0.3) is 0 Å². The summed E-state index contributed by atoms with van der Waals surface area (Å²) in [6.07, 6.45) is 1.66. The number of anilines is 4. The zero-order valence-electron chi connectivity index (χ0n) is 16.1. The van der Waals surface area contributed by atoms with Gasteiger partial charge in [-0.3, -0.25) is 0 Å². The Morgan fingerprint density at radius 2 is 1.71 bits per heavy atom. The summed E-state index contributed by atoms with van der Waals surface area (Å²) in [6.45, 7) is 7.64. The number of hydrogen-bond acceptors (Lipinski definition) is 6. The van der Waals surface area contributed by atoms with Crippen LogP contribution in [0.1, 0.15) is 11.1 Å². The van der Waals surface area contributed by atoms with Gasteiger partial charge < -0.3 is 15.1 Å². The van der Waals surface area contributed by atoms with Crippen LogP contribution in [-0.4, -0.2) is 41.4 Å². The first-order valence-corrected chi connectivity index (χ1v) is 9.76. The van der Waals surface area contributed by atoms with Crippen LogP contribution in [0.25, 0.3) is 0 Å². The van der Waals surface area contributed by atoms with Crippen LogP contribution in [0, 0.1) is 13.8 Å². The largest absolute Gasteiger partial charge is 0.368 e. The third-order valence-corrected chi connectivity index (χ3v) is 5.39. The first-order chi connectivity index (χ1) is 13.6. The van der Waals surface area contributed by atoms with Crippen molar-refractivity contribution < 1.29 is 0 Å². The number of rotatable bonds is 4. The van der Waals surface area contributed by atoms with E-state index in [1.54, 1.807) is 6.20 Å². The Morgan fingerprint density at radius 3 is 2.50 bits per heavy atom. The number of benzene rings is 2. The highest BCUT2D eigenvalue weighted by molar-refractivity contribution is 6.30.